The summed E-state index contributed by atoms with van der Waals surface area (Å²) in [6, 6.07) is 5.96. The number of benzene rings is 1. The van der Waals surface area contributed by atoms with Gasteiger partial charge in [-0.05, 0) is 45.0 Å². The lowest BCUT2D eigenvalue weighted by molar-refractivity contribution is -0.384. The van der Waals surface area contributed by atoms with Crippen LogP contribution >= 0.6 is 0 Å². The number of urea groups is 1. The third-order valence-corrected chi connectivity index (χ3v) is 3.68. The summed E-state index contributed by atoms with van der Waals surface area (Å²) in [5.74, 6) is 0. The normalized spacial score (nSPS) is 15.5. The molecule has 0 spiro atoms. The second kappa shape index (κ2) is 7.03. The van der Waals surface area contributed by atoms with Crippen LogP contribution in [-0.2, 0) is 0 Å². The van der Waals surface area contributed by atoms with Gasteiger partial charge in [0.05, 0.1) is 4.92 Å². The van der Waals surface area contributed by atoms with Gasteiger partial charge in [0.15, 0.2) is 0 Å². The Morgan fingerprint density at radius 1 is 1.38 bits per heavy atom. The molecule has 1 aliphatic heterocycles. The summed E-state index contributed by atoms with van der Waals surface area (Å²) in [7, 11) is 0. The first kappa shape index (κ1) is 15.2. The molecular weight excluding hydrogens is 272 g/mol. The molecule has 0 radical (unpaired) electrons. The van der Waals surface area contributed by atoms with Crippen LogP contribution < -0.4 is 10.6 Å². The van der Waals surface area contributed by atoms with Gasteiger partial charge < -0.3 is 15.5 Å². The van der Waals surface area contributed by atoms with Crippen molar-refractivity contribution in [2.45, 2.75) is 25.8 Å². The van der Waals surface area contributed by atoms with Gasteiger partial charge in [-0.25, -0.2) is 4.79 Å². The number of rotatable bonds is 4. The van der Waals surface area contributed by atoms with Crippen molar-refractivity contribution >= 4 is 17.4 Å². The van der Waals surface area contributed by atoms with E-state index in [1.165, 1.54) is 12.1 Å². The van der Waals surface area contributed by atoms with Gasteiger partial charge in [-0.2, -0.15) is 0 Å². The summed E-state index contributed by atoms with van der Waals surface area (Å²) < 4.78 is 0. The van der Waals surface area contributed by atoms with E-state index in [0.29, 0.717) is 12.2 Å². The summed E-state index contributed by atoms with van der Waals surface area (Å²) in [6.45, 7) is 4.44. The fourth-order valence-corrected chi connectivity index (χ4v) is 2.55. The predicted octanol–water partition coefficient (Wildman–Crippen LogP) is 2.20. The number of non-ortho nitro benzene ring substituents is 1. The third kappa shape index (κ3) is 3.91. The van der Waals surface area contributed by atoms with Gasteiger partial charge in [0.2, 0.25) is 0 Å². The van der Waals surface area contributed by atoms with Crippen molar-refractivity contribution in [3.05, 3.63) is 34.4 Å². The molecule has 1 fully saturated rings. The molecule has 2 amide bonds. The highest BCUT2D eigenvalue weighted by molar-refractivity contribution is 5.89. The number of nitro groups is 1. The highest BCUT2D eigenvalue weighted by Gasteiger charge is 2.24. The first-order chi connectivity index (χ1) is 10.1. The molecule has 1 saturated heterocycles. The van der Waals surface area contributed by atoms with Gasteiger partial charge in [-0.15, -0.1) is 0 Å². The quantitative estimate of drug-likeness (QED) is 0.658. The minimum Gasteiger partial charge on any atom is -0.322 e. The van der Waals surface area contributed by atoms with Crippen LogP contribution in [0.25, 0.3) is 0 Å². The SMILES string of the molecule is CCN(C(=O)Nc1ccc([N+](=O)[O-])cc1)C1CCNCC1. The van der Waals surface area contributed by atoms with Gasteiger partial charge >= 0.3 is 6.03 Å². The molecule has 2 N–H and O–H groups in total. The fraction of sp³-hybridized carbons (Fsp3) is 0.500. The van der Waals surface area contributed by atoms with Crippen LogP contribution in [0, 0.1) is 10.1 Å². The summed E-state index contributed by atoms with van der Waals surface area (Å²) in [5.41, 5.74) is 0.580. The maximum Gasteiger partial charge on any atom is 0.322 e. The van der Waals surface area contributed by atoms with E-state index in [-0.39, 0.29) is 17.8 Å². The van der Waals surface area contributed by atoms with Crippen molar-refractivity contribution in [2.75, 3.05) is 25.0 Å². The molecule has 0 bridgehead atoms. The monoisotopic (exact) mass is 292 g/mol. The number of nitrogens with one attached hydrogen (secondary N) is 2. The molecule has 1 heterocycles. The molecule has 7 heteroatoms. The first-order valence-electron chi connectivity index (χ1n) is 7.14. The number of anilines is 1. The van der Waals surface area contributed by atoms with Crippen LogP contribution in [0.2, 0.25) is 0 Å². The van der Waals surface area contributed by atoms with Gasteiger partial charge in [0, 0.05) is 30.4 Å². The average Bonchev–Trinajstić information content (AvgIpc) is 2.49. The molecular formula is C14H20N4O3. The van der Waals surface area contributed by atoms with Gasteiger partial charge in [-0.1, -0.05) is 0 Å². The van der Waals surface area contributed by atoms with Crippen LogP contribution in [0.4, 0.5) is 16.2 Å². The molecule has 0 aromatic heterocycles. The topological polar surface area (TPSA) is 87.5 Å². The lowest BCUT2D eigenvalue weighted by Crippen LogP contribution is -2.47. The highest BCUT2D eigenvalue weighted by Crippen LogP contribution is 2.17. The molecule has 1 aliphatic rings. The Hall–Kier alpha value is -2.15. The summed E-state index contributed by atoms with van der Waals surface area (Å²) >= 11 is 0. The zero-order valence-corrected chi connectivity index (χ0v) is 12.0. The maximum absolute atomic E-state index is 12.3. The van der Waals surface area contributed by atoms with Crippen LogP contribution in [0.1, 0.15) is 19.8 Å². The summed E-state index contributed by atoms with van der Waals surface area (Å²) in [4.78, 5) is 24.3. The summed E-state index contributed by atoms with van der Waals surface area (Å²) in [5, 5.41) is 16.7. The number of hydrogen-bond donors (Lipinski definition) is 2. The summed E-state index contributed by atoms with van der Waals surface area (Å²) in [6.07, 6.45) is 1.89. The Morgan fingerprint density at radius 2 is 2.00 bits per heavy atom. The van der Waals surface area contributed by atoms with E-state index in [4.69, 9.17) is 0 Å². The number of piperidine rings is 1. The van der Waals surface area contributed by atoms with Gasteiger partial charge in [0.1, 0.15) is 0 Å². The lowest BCUT2D eigenvalue weighted by atomic mass is 10.1. The number of nitrogens with zero attached hydrogens (tertiary/aromatic N) is 2. The minimum absolute atomic E-state index is 0.0127. The van der Waals surface area contributed by atoms with Crippen LogP contribution in [0.3, 0.4) is 0 Å². The van der Waals surface area contributed by atoms with Crippen LogP contribution in [-0.4, -0.2) is 41.5 Å². The van der Waals surface area contributed by atoms with E-state index in [1.54, 1.807) is 12.1 Å². The molecule has 21 heavy (non-hydrogen) atoms. The Kier molecular flexibility index (Phi) is 5.10. The average molecular weight is 292 g/mol. The minimum atomic E-state index is -0.459. The second-order valence-corrected chi connectivity index (χ2v) is 5.00. The van der Waals surface area contributed by atoms with Crippen molar-refractivity contribution in [1.82, 2.24) is 10.2 Å². The molecule has 7 nitrogen and oxygen atoms in total. The van der Waals surface area contributed by atoms with Crippen molar-refractivity contribution in [3.63, 3.8) is 0 Å². The fourth-order valence-electron chi connectivity index (χ4n) is 2.55. The van der Waals surface area contributed by atoms with Crippen LogP contribution in [0.5, 0.6) is 0 Å². The highest BCUT2D eigenvalue weighted by atomic mass is 16.6. The lowest BCUT2D eigenvalue weighted by Gasteiger charge is -2.33. The molecule has 1 aromatic carbocycles. The number of hydrogen-bond acceptors (Lipinski definition) is 4. The number of carbonyl (C=O) groups excluding carboxylic acids is 1. The molecule has 114 valence electrons. The van der Waals surface area contributed by atoms with Crippen LogP contribution in [0.15, 0.2) is 24.3 Å². The van der Waals surface area contributed by atoms with Crippen molar-refractivity contribution in [3.8, 4) is 0 Å². The first-order valence-corrected chi connectivity index (χ1v) is 7.14. The Balaban J connectivity index is 1.99. The Morgan fingerprint density at radius 3 is 2.52 bits per heavy atom. The van der Waals surface area contributed by atoms with E-state index < -0.39 is 4.92 Å². The third-order valence-electron chi connectivity index (χ3n) is 3.68. The largest absolute Gasteiger partial charge is 0.322 e. The standard InChI is InChI=1S/C14H20N4O3/c1-2-17(12-7-9-15-10-8-12)14(19)16-11-3-5-13(6-4-11)18(20)21/h3-6,12,15H,2,7-10H2,1H3,(H,16,19). The molecule has 2 rings (SSSR count). The van der Waals surface area contributed by atoms with E-state index in [9.17, 15) is 14.9 Å². The smallest absolute Gasteiger partial charge is 0.322 e. The maximum atomic E-state index is 12.3. The molecule has 0 saturated carbocycles. The number of nitro benzene ring substituents is 1. The molecule has 0 atom stereocenters. The van der Waals surface area contributed by atoms with Gasteiger partial charge in [-0.3, -0.25) is 10.1 Å². The Labute approximate surface area is 123 Å². The zero-order valence-electron chi connectivity index (χ0n) is 12.0. The molecule has 0 unspecified atom stereocenters. The van der Waals surface area contributed by atoms with Crippen molar-refractivity contribution in [2.24, 2.45) is 0 Å². The van der Waals surface area contributed by atoms with Gasteiger partial charge in [0.25, 0.3) is 5.69 Å². The second-order valence-electron chi connectivity index (χ2n) is 5.00. The number of amides is 2. The Bertz CT molecular complexity index is 497. The van der Waals surface area contributed by atoms with Crippen molar-refractivity contribution in [1.29, 1.82) is 0 Å². The van der Waals surface area contributed by atoms with Crippen molar-refractivity contribution < 1.29 is 9.72 Å². The molecule has 1 aromatic rings. The van der Waals surface area contributed by atoms with E-state index >= 15 is 0 Å². The van der Waals surface area contributed by atoms with E-state index in [0.717, 1.165) is 25.9 Å². The van der Waals surface area contributed by atoms with E-state index in [1.807, 2.05) is 11.8 Å². The number of carbonyl (C=O) groups is 1. The zero-order chi connectivity index (χ0) is 15.2. The molecule has 0 aliphatic carbocycles. The van der Waals surface area contributed by atoms with E-state index in [2.05, 4.69) is 10.6 Å². The predicted molar refractivity (Wildman–Crippen MR) is 80.4 cm³/mol.